The fraction of sp³-hybridized carbons (Fsp3) is 0.400. The number of rotatable bonds is 5. The number of carboxylic acids is 1. The van der Waals surface area contributed by atoms with Crippen LogP contribution in [0, 0.1) is 0 Å². The van der Waals surface area contributed by atoms with Crippen LogP contribution in [0.25, 0.3) is 5.69 Å². The number of carboxylic acid groups (broad SMARTS) is 1. The van der Waals surface area contributed by atoms with E-state index in [0.29, 0.717) is 18.0 Å². The Labute approximate surface area is 118 Å². The SMILES string of the molecule is CCCc1c(C(=O)O)nnn1-c1ccccc1C(C)C. The van der Waals surface area contributed by atoms with Gasteiger partial charge in [0, 0.05) is 0 Å². The summed E-state index contributed by atoms with van der Waals surface area (Å²) in [7, 11) is 0. The van der Waals surface area contributed by atoms with Crippen LogP contribution < -0.4 is 0 Å². The van der Waals surface area contributed by atoms with Crippen LogP contribution >= 0.6 is 0 Å². The second kappa shape index (κ2) is 5.86. The normalized spacial score (nSPS) is 11.0. The standard InChI is InChI=1S/C15H19N3O2/c1-4-7-13-14(15(19)20)16-17-18(13)12-9-6-5-8-11(12)10(2)3/h5-6,8-10H,4,7H2,1-3H3,(H,19,20). The Hall–Kier alpha value is -2.17. The molecule has 0 atom stereocenters. The van der Waals surface area contributed by atoms with Crippen molar-refractivity contribution in [2.75, 3.05) is 0 Å². The first kappa shape index (κ1) is 14.2. The summed E-state index contributed by atoms with van der Waals surface area (Å²) in [5.41, 5.74) is 2.75. The number of benzene rings is 1. The molecule has 1 aromatic heterocycles. The molecule has 1 heterocycles. The smallest absolute Gasteiger partial charge is 0.358 e. The van der Waals surface area contributed by atoms with Crippen molar-refractivity contribution in [3.63, 3.8) is 0 Å². The molecular weight excluding hydrogens is 254 g/mol. The van der Waals surface area contributed by atoms with Crippen molar-refractivity contribution in [1.82, 2.24) is 15.0 Å². The fourth-order valence-corrected chi connectivity index (χ4v) is 2.29. The zero-order valence-electron chi connectivity index (χ0n) is 12.0. The van der Waals surface area contributed by atoms with Crippen LogP contribution in [0.2, 0.25) is 0 Å². The number of aromatic nitrogens is 3. The van der Waals surface area contributed by atoms with Gasteiger partial charge in [-0.15, -0.1) is 5.10 Å². The summed E-state index contributed by atoms with van der Waals surface area (Å²) < 4.78 is 1.67. The molecule has 0 bridgehead atoms. The summed E-state index contributed by atoms with van der Waals surface area (Å²) in [4.78, 5) is 11.2. The van der Waals surface area contributed by atoms with Gasteiger partial charge < -0.3 is 5.11 Å². The number of hydrogen-bond acceptors (Lipinski definition) is 3. The highest BCUT2D eigenvalue weighted by Crippen LogP contribution is 2.24. The third-order valence-electron chi connectivity index (χ3n) is 3.24. The maximum Gasteiger partial charge on any atom is 0.358 e. The summed E-state index contributed by atoms with van der Waals surface area (Å²) >= 11 is 0. The summed E-state index contributed by atoms with van der Waals surface area (Å²) in [5, 5.41) is 17.1. The van der Waals surface area contributed by atoms with Crippen molar-refractivity contribution in [1.29, 1.82) is 0 Å². The Kier molecular flexibility index (Phi) is 4.17. The lowest BCUT2D eigenvalue weighted by molar-refractivity contribution is 0.0689. The lowest BCUT2D eigenvalue weighted by Gasteiger charge is -2.14. The molecule has 2 rings (SSSR count). The van der Waals surface area contributed by atoms with Gasteiger partial charge in [-0.25, -0.2) is 9.48 Å². The van der Waals surface area contributed by atoms with E-state index in [-0.39, 0.29) is 5.69 Å². The second-order valence-corrected chi connectivity index (χ2v) is 5.07. The van der Waals surface area contributed by atoms with E-state index in [0.717, 1.165) is 17.7 Å². The topological polar surface area (TPSA) is 68.0 Å². The van der Waals surface area contributed by atoms with Gasteiger partial charge in [0.1, 0.15) is 0 Å². The number of nitrogens with zero attached hydrogens (tertiary/aromatic N) is 3. The number of aromatic carboxylic acids is 1. The van der Waals surface area contributed by atoms with E-state index in [9.17, 15) is 9.90 Å². The Morgan fingerprint density at radius 2 is 2.05 bits per heavy atom. The molecule has 0 radical (unpaired) electrons. The number of para-hydroxylation sites is 1. The van der Waals surface area contributed by atoms with Gasteiger partial charge in [-0.3, -0.25) is 0 Å². The summed E-state index contributed by atoms with van der Waals surface area (Å²) in [6.07, 6.45) is 1.48. The predicted octanol–water partition coefficient (Wildman–Crippen LogP) is 3.04. The molecule has 0 saturated carbocycles. The van der Waals surface area contributed by atoms with Gasteiger partial charge in [0.15, 0.2) is 5.69 Å². The quantitative estimate of drug-likeness (QED) is 0.909. The van der Waals surface area contributed by atoms with E-state index in [1.54, 1.807) is 4.68 Å². The van der Waals surface area contributed by atoms with Gasteiger partial charge in [-0.1, -0.05) is 50.6 Å². The highest BCUT2D eigenvalue weighted by atomic mass is 16.4. The van der Waals surface area contributed by atoms with E-state index in [2.05, 4.69) is 24.2 Å². The molecule has 0 spiro atoms. The monoisotopic (exact) mass is 273 g/mol. The fourth-order valence-electron chi connectivity index (χ4n) is 2.29. The first-order chi connectivity index (χ1) is 9.56. The molecule has 106 valence electrons. The van der Waals surface area contributed by atoms with Gasteiger partial charge in [0.05, 0.1) is 11.4 Å². The second-order valence-electron chi connectivity index (χ2n) is 5.07. The Bertz CT molecular complexity index is 617. The van der Waals surface area contributed by atoms with Crippen molar-refractivity contribution in [2.45, 2.75) is 39.5 Å². The minimum Gasteiger partial charge on any atom is -0.476 e. The van der Waals surface area contributed by atoms with Crippen molar-refractivity contribution in [2.24, 2.45) is 0 Å². The van der Waals surface area contributed by atoms with Crippen LogP contribution in [0.1, 0.15) is 54.9 Å². The third kappa shape index (κ3) is 2.57. The van der Waals surface area contributed by atoms with Crippen molar-refractivity contribution in [3.8, 4) is 5.69 Å². The Morgan fingerprint density at radius 3 is 2.65 bits per heavy atom. The first-order valence-corrected chi connectivity index (χ1v) is 6.83. The van der Waals surface area contributed by atoms with E-state index >= 15 is 0 Å². The molecule has 0 unspecified atom stereocenters. The van der Waals surface area contributed by atoms with Crippen molar-refractivity contribution in [3.05, 3.63) is 41.2 Å². The van der Waals surface area contributed by atoms with Gasteiger partial charge >= 0.3 is 5.97 Å². The Balaban J connectivity index is 2.61. The highest BCUT2D eigenvalue weighted by molar-refractivity contribution is 5.86. The third-order valence-corrected chi connectivity index (χ3v) is 3.24. The van der Waals surface area contributed by atoms with Crippen LogP contribution in [0.5, 0.6) is 0 Å². The van der Waals surface area contributed by atoms with Crippen LogP contribution in [0.4, 0.5) is 0 Å². The zero-order chi connectivity index (χ0) is 14.7. The number of carbonyl (C=O) groups is 1. The van der Waals surface area contributed by atoms with Crippen LogP contribution in [-0.2, 0) is 6.42 Å². The molecule has 0 saturated heterocycles. The van der Waals surface area contributed by atoms with Crippen molar-refractivity contribution < 1.29 is 9.90 Å². The molecule has 5 nitrogen and oxygen atoms in total. The van der Waals surface area contributed by atoms with E-state index in [4.69, 9.17) is 0 Å². The first-order valence-electron chi connectivity index (χ1n) is 6.83. The summed E-state index contributed by atoms with van der Waals surface area (Å²) in [6, 6.07) is 7.90. The molecule has 1 N–H and O–H groups in total. The molecule has 5 heteroatoms. The molecule has 0 fully saturated rings. The van der Waals surface area contributed by atoms with Crippen LogP contribution in [0.3, 0.4) is 0 Å². The summed E-state index contributed by atoms with van der Waals surface area (Å²) in [5.74, 6) is -0.695. The summed E-state index contributed by atoms with van der Waals surface area (Å²) in [6.45, 7) is 6.22. The molecule has 0 aliphatic carbocycles. The molecule has 1 aromatic carbocycles. The largest absolute Gasteiger partial charge is 0.476 e. The van der Waals surface area contributed by atoms with E-state index < -0.39 is 5.97 Å². The molecular formula is C15H19N3O2. The van der Waals surface area contributed by atoms with E-state index in [1.807, 2.05) is 31.2 Å². The van der Waals surface area contributed by atoms with Crippen LogP contribution in [-0.4, -0.2) is 26.1 Å². The molecule has 0 aliphatic heterocycles. The van der Waals surface area contributed by atoms with Gasteiger partial charge in [-0.2, -0.15) is 0 Å². The van der Waals surface area contributed by atoms with Crippen molar-refractivity contribution >= 4 is 5.97 Å². The maximum absolute atomic E-state index is 11.2. The molecule has 0 aliphatic rings. The lowest BCUT2D eigenvalue weighted by Crippen LogP contribution is -2.09. The average molecular weight is 273 g/mol. The predicted molar refractivity (Wildman–Crippen MR) is 76.4 cm³/mol. The zero-order valence-corrected chi connectivity index (χ0v) is 12.0. The molecule has 0 amide bonds. The number of hydrogen-bond donors (Lipinski definition) is 1. The van der Waals surface area contributed by atoms with E-state index in [1.165, 1.54) is 0 Å². The minimum atomic E-state index is -1.03. The lowest BCUT2D eigenvalue weighted by atomic mass is 10.0. The highest BCUT2D eigenvalue weighted by Gasteiger charge is 2.20. The van der Waals surface area contributed by atoms with Crippen LogP contribution in [0.15, 0.2) is 24.3 Å². The maximum atomic E-state index is 11.2. The average Bonchev–Trinajstić information content (AvgIpc) is 2.83. The molecule has 20 heavy (non-hydrogen) atoms. The van der Waals surface area contributed by atoms with Gasteiger partial charge in [-0.05, 0) is 24.0 Å². The Morgan fingerprint density at radius 1 is 1.35 bits per heavy atom. The van der Waals surface area contributed by atoms with Gasteiger partial charge in [0.25, 0.3) is 0 Å². The minimum absolute atomic E-state index is 0.0467. The molecule has 2 aromatic rings. The van der Waals surface area contributed by atoms with Gasteiger partial charge in [0.2, 0.25) is 0 Å².